The highest BCUT2D eigenvalue weighted by Crippen LogP contribution is 2.16. The molecule has 0 aliphatic rings. The van der Waals surface area contributed by atoms with Crippen LogP contribution in [0.4, 0.5) is 5.95 Å². The third kappa shape index (κ3) is 10.2. The van der Waals surface area contributed by atoms with Gasteiger partial charge in [-0.15, -0.1) is 48.6 Å². The summed E-state index contributed by atoms with van der Waals surface area (Å²) in [6, 6.07) is 2.07. The van der Waals surface area contributed by atoms with Crippen molar-refractivity contribution in [2.75, 3.05) is 31.7 Å². The van der Waals surface area contributed by atoms with Crippen molar-refractivity contribution < 1.29 is 0 Å². The van der Waals surface area contributed by atoms with Crippen molar-refractivity contribution >= 4 is 66.3 Å². The van der Waals surface area contributed by atoms with Crippen LogP contribution in [0.2, 0.25) is 0 Å². The minimum Gasteiger partial charge on any atom is -0.355 e. The first-order chi connectivity index (χ1) is 14.4. The Morgan fingerprint density at radius 1 is 1.15 bits per heavy atom. The van der Waals surface area contributed by atoms with E-state index in [0.717, 1.165) is 52.1 Å². The summed E-state index contributed by atoms with van der Waals surface area (Å²) in [7, 11) is 4.10. The number of thiazole rings is 1. The lowest BCUT2D eigenvalue weighted by molar-refractivity contribution is 0.401. The van der Waals surface area contributed by atoms with Gasteiger partial charge in [0.15, 0.2) is 0 Å². The van der Waals surface area contributed by atoms with Crippen molar-refractivity contribution in [2.24, 2.45) is 0 Å². The van der Waals surface area contributed by atoms with E-state index in [9.17, 15) is 4.79 Å². The van der Waals surface area contributed by atoms with Crippen molar-refractivity contribution in [3.63, 3.8) is 0 Å². The molecule has 0 aliphatic heterocycles. The molecule has 0 spiro atoms. The molecule has 0 saturated heterocycles. The molecule has 3 aromatic heterocycles. The number of hydrogen-bond donors (Lipinski definition) is 2. The molecule has 0 bridgehead atoms. The smallest absolute Gasteiger partial charge is 0.255 e. The normalized spacial score (nSPS) is 10.2. The molecule has 3 aromatic rings. The molecule has 0 radical (unpaired) electrons. The van der Waals surface area contributed by atoms with Crippen molar-refractivity contribution in [3.05, 3.63) is 67.3 Å². The Hall–Kier alpha value is -1.36. The van der Waals surface area contributed by atoms with Gasteiger partial charge in [-0.25, -0.2) is 9.97 Å². The van der Waals surface area contributed by atoms with E-state index < -0.39 is 0 Å². The SMILES string of the molecule is Cc1cc(Cc2cnc(NCCSCc3csc(CN(C)C)n3)[nH]c2=O)cnc1C.Cl.Cl.Cl. The van der Waals surface area contributed by atoms with Crippen molar-refractivity contribution in [2.45, 2.75) is 32.6 Å². The molecule has 0 fully saturated rings. The zero-order chi connectivity index (χ0) is 21.5. The van der Waals surface area contributed by atoms with Gasteiger partial charge in [0.05, 0.1) is 5.69 Å². The van der Waals surface area contributed by atoms with Crippen LogP contribution >= 0.6 is 60.3 Å². The minimum absolute atomic E-state index is 0. The van der Waals surface area contributed by atoms with Gasteiger partial charge in [0.2, 0.25) is 5.95 Å². The molecule has 2 N–H and O–H groups in total. The van der Waals surface area contributed by atoms with Crippen molar-refractivity contribution in [1.82, 2.24) is 24.8 Å². The number of aromatic amines is 1. The summed E-state index contributed by atoms with van der Waals surface area (Å²) in [6.07, 6.45) is 3.98. The topological polar surface area (TPSA) is 86.8 Å². The monoisotopic (exact) mass is 552 g/mol. The predicted octanol–water partition coefficient (Wildman–Crippen LogP) is 4.50. The Morgan fingerprint density at radius 3 is 2.58 bits per heavy atom. The van der Waals surface area contributed by atoms with Gasteiger partial charge in [-0.2, -0.15) is 11.8 Å². The Kier molecular flexibility index (Phi) is 14.9. The number of halogens is 3. The Labute approximate surface area is 221 Å². The average Bonchev–Trinajstić information content (AvgIpc) is 3.13. The van der Waals surface area contributed by atoms with Crippen LogP contribution in [0, 0.1) is 13.8 Å². The average molecular weight is 554 g/mol. The second-order valence-electron chi connectivity index (χ2n) is 7.46. The zero-order valence-corrected chi connectivity index (χ0v) is 23.2. The van der Waals surface area contributed by atoms with Crippen LogP contribution in [-0.4, -0.2) is 51.2 Å². The molecule has 0 saturated carbocycles. The summed E-state index contributed by atoms with van der Waals surface area (Å²) in [5.41, 5.74) is 4.79. The van der Waals surface area contributed by atoms with Gasteiger partial charge >= 0.3 is 0 Å². The van der Waals surface area contributed by atoms with Gasteiger partial charge in [-0.05, 0) is 39.1 Å². The van der Waals surface area contributed by atoms with Gasteiger partial charge in [0.25, 0.3) is 5.56 Å². The van der Waals surface area contributed by atoms with Gasteiger partial charge in [0.1, 0.15) is 5.01 Å². The van der Waals surface area contributed by atoms with Crippen LogP contribution in [0.1, 0.15) is 33.1 Å². The molecular weight excluding hydrogens is 523 g/mol. The third-order valence-corrected chi connectivity index (χ3v) is 6.38. The van der Waals surface area contributed by atoms with E-state index in [-0.39, 0.29) is 42.8 Å². The number of nitrogens with zero attached hydrogens (tertiary/aromatic N) is 4. The van der Waals surface area contributed by atoms with E-state index >= 15 is 0 Å². The number of hydrogen-bond acceptors (Lipinski definition) is 8. The first kappa shape index (κ1) is 31.6. The van der Waals surface area contributed by atoms with E-state index in [0.29, 0.717) is 17.9 Å². The number of anilines is 1. The maximum absolute atomic E-state index is 12.4. The second-order valence-corrected chi connectivity index (χ2v) is 9.51. The third-order valence-electron chi connectivity index (χ3n) is 4.50. The summed E-state index contributed by atoms with van der Waals surface area (Å²) in [5, 5.41) is 6.46. The van der Waals surface area contributed by atoms with E-state index in [1.807, 2.05) is 45.9 Å². The molecule has 0 atom stereocenters. The van der Waals surface area contributed by atoms with Gasteiger partial charge < -0.3 is 10.2 Å². The van der Waals surface area contributed by atoms with Crippen LogP contribution in [0.25, 0.3) is 0 Å². The van der Waals surface area contributed by atoms with Crippen molar-refractivity contribution in [3.8, 4) is 0 Å². The molecule has 184 valence electrons. The van der Waals surface area contributed by atoms with E-state index in [4.69, 9.17) is 0 Å². The second kappa shape index (κ2) is 15.5. The number of H-pyrrole nitrogens is 1. The molecule has 7 nitrogen and oxygen atoms in total. The molecule has 0 unspecified atom stereocenters. The standard InChI is InChI=1S/C21H28N6OS2.3ClH/c1-14-7-16(9-23-15(14)2)8-17-10-24-21(26-20(17)28)22-5-6-29-12-18-13-30-19(25-18)11-27(3)4;;;/h7,9-10,13H,5-6,8,11-12H2,1-4H3,(H2,22,24,26,28);3*1H. The van der Waals surface area contributed by atoms with E-state index in [2.05, 4.69) is 41.6 Å². The fourth-order valence-corrected chi connectivity index (χ4v) is 4.60. The number of thioether (sulfide) groups is 1. The van der Waals surface area contributed by atoms with E-state index in [1.165, 1.54) is 0 Å². The van der Waals surface area contributed by atoms with Crippen molar-refractivity contribution in [1.29, 1.82) is 0 Å². The van der Waals surface area contributed by atoms with Gasteiger partial charge in [0, 0.05) is 60.0 Å². The lowest BCUT2D eigenvalue weighted by Crippen LogP contribution is -2.18. The first-order valence-corrected chi connectivity index (χ1v) is 11.8. The van der Waals surface area contributed by atoms with Crippen LogP contribution < -0.4 is 10.9 Å². The van der Waals surface area contributed by atoms with Crippen LogP contribution in [0.15, 0.2) is 28.6 Å². The molecule has 0 aliphatic carbocycles. The number of aromatic nitrogens is 4. The first-order valence-electron chi connectivity index (χ1n) is 9.80. The molecule has 0 aromatic carbocycles. The van der Waals surface area contributed by atoms with Gasteiger partial charge in [-0.3, -0.25) is 14.8 Å². The fraction of sp³-hybridized carbons (Fsp3) is 0.429. The Balaban J connectivity index is 0.00000341. The number of nitrogens with one attached hydrogen (secondary N) is 2. The highest BCUT2D eigenvalue weighted by Gasteiger charge is 2.06. The highest BCUT2D eigenvalue weighted by atomic mass is 35.5. The zero-order valence-electron chi connectivity index (χ0n) is 19.1. The summed E-state index contributed by atoms with van der Waals surface area (Å²) in [5.74, 6) is 2.29. The fourth-order valence-electron chi connectivity index (χ4n) is 2.83. The number of aryl methyl sites for hydroxylation is 2. The Morgan fingerprint density at radius 2 is 1.91 bits per heavy atom. The highest BCUT2D eigenvalue weighted by molar-refractivity contribution is 7.98. The predicted molar refractivity (Wildman–Crippen MR) is 147 cm³/mol. The summed E-state index contributed by atoms with van der Waals surface area (Å²) >= 11 is 3.52. The molecule has 12 heteroatoms. The number of pyridine rings is 1. The largest absolute Gasteiger partial charge is 0.355 e. The van der Waals surface area contributed by atoms with Crippen LogP contribution in [-0.2, 0) is 18.7 Å². The molecule has 0 amide bonds. The van der Waals surface area contributed by atoms with E-state index in [1.54, 1.807) is 17.5 Å². The molecular formula is C21H31Cl3N6OS2. The lowest BCUT2D eigenvalue weighted by Gasteiger charge is -2.07. The summed E-state index contributed by atoms with van der Waals surface area (Å²) in [6.45, 7) is 5.61. The molecule has 3 heterocycles. The minimum atomic E-state index is -0.116. The summed E-state index contributed by atoms with van der Waals surface area (Å²) < 4.78 is 0. The summed E-state index contributed by atoms with van der Waals surface area (Å²) in [4.78, 5) is 30.7. The lowest BCUT2D eigenvalue weighted by atomic mass is 10.1. The maximum atomic E-state index is 12.4. The maximum Gasteiger partial charge on any atom is 0.255 e. The Bertz CT molecular complexity index is 1040. The number of rotatable bonds is 10. The van der Waals surface area contributed by atoms with Crippen LogP contribution in [0.5, 0.6) is 0 Å². The molecule has 33 heavy (non-hydrogen) atoms. The van der Waals surface area contributed by atoms with Crippen LogP contribution in [0.3, 0.4) is 0 Å². The van der Waals surface area contributed by atoms with Gasteiger partial charge in [-0.1, -0.05) is 6.07 Å². The quantitative estimate of drug-likeness (QED) is 0.357. The molecule has 3 rings (SSSR count).